The highest BCUT2D eigenvalue weighted by molar-refractivity contribution is 9.10. The lowest BCUT2D eigenvalue weighted by atomic mass is 9.87. The molecule has 2 aliphatic rings. The molecular weight excluding hydrogens is 330 g/mol. The summed E-state index contributed by atoms with van der Waals surface area (Å²) in [5, 5.41) is 0. The van der Waals surface area contributed by atoms with E-state index in [0.29, 0.717) is 5.92 Å². The van der Waals surface area contributed by atoms with Crippen LogP contribution in [0.4, 0.5) is 4.79 Å². The molecular formula is C17H22BrNO2. The Kier molecular flexibility index (Phi) is 3.76. The van der Waals surface area contributed by atoms with Gasteiger partial charge < -0.3 is 9.64 Å². The Balaban J connectivity index is 1.66. The largest absolute Gasteiger partial charge is 0.444 e. The summed E-state index contributed by atoms with van der Waals surface area (Å²) in [6, 6.07) is 6.60. The number of hydrogen-bond donors (Lipinski definition) is 0. The minimum absolute atomic E-state index is 0.193. The minimum atomic E-state index is -0.420. The van der Waals surface area contributed by atoms with Gasteiger partial charge in [-0.05, 0) is 62.8 Å². The van der Waals surface area contributed by atoms with Crippen molar-refractivity contribution in [2.45, 2.75) is 51.0 Å². The topological polar surface area (TPSA) is 29.5 Å². The van der Waals surface area contributed by atoms with Crippen LogP contribution < -0.4 is 0 Å². The summed E-state index contributed by atoms with van der Waals surface area (Å²) in [4.78, 5) is 13.8. The third kappa shape index (κ3) is 3.42. The molecule has 0 bridgehead atoms. The van der Waals surface area contributed by atoms with Gasteiger partial charge in [0.1, 0.15) is 5.60 Å². The van der Waals surface area contributed by atoms with Gasteiger partial charge in [-0.3, -0.25) is 0 Å². The van der Waals surface area contributed by atoms with Crippen LogP contribution in [-0.2, 0) is 4.74 Å². The van der Waals surface area contributed by atoms with E-state index in [4.69, 9.17) is 4.74 Å². The summed E-state index contributed by atoms with van der Waals surface area (Å²) >= 11 is 3.57. The van der Waals surface area contributed by atoms with E-state index in [1.165, 1.54) is 24.0 Å². The van der Waals surface area contributed by atoms with Crippen molar-refractivity contribution in [2.24, 2.45) is 0 Å². The Morgan fingerprint density at radius 3 is 2.43 bits per heavy atom. The number of halogens is 1. The van der Waals surface area contributed by atoms with Crippen molar-refractivity contribution >= 4 is 22.0 Å². The number of amides is 1. The molecule has 1 amide bonds. The highest BCUT2D eigenvalue weighted by Crippen LogP contribution is 2.45. The van der Waals surface area contributed by atoms with Crippen molar-refractivity contribution in [1.29, 1.82) is 0 Å². The van der Waals surface area contributed by atoms with Crippen LogP contribution in [0.15, 0.2) is 22.7 Å². The van der Waals surface area contributed by atoms with Crippen LogP contribution in [0.3, 0.4) is 0 Å². The number of rotatable bonds is 2. The molecule has 1 heterocycles. The van der Waals surface area contributed by atoms with Crippen LogP contribution >= 0.6 is 15.9 Å². The molecule has 1 aromatic carbocycles. The normalized spacial score (nSPS) is 19.3. The lowest BCUT2D eigenvalue weighted by Crippen LogP contribution is -2.50. The van der Waals surface area contributed by atoms with Gasteiger partial charge in [-0.25, -0.2) is 4.79 Å². The maximum atomic E-state index is 12.0. The molecule has 21 heavy (non-hydrogen) atoms. The fraction of sp³-hybridized carbons (Fsp3) is 0.588. The van der Waals surface area contributed by atoms with E-state index in [1.807, 2.05) is 20.8 Å². The predicted molar refractivity (Wildman–Crippen MR) is 86.7 cm³/mol. The molecule has 2 fully saturated rings. The Hall–Kier alpha value is -1.03. The van der Waals surface area contributed by atoms with Crippen LogP contribution in [-0.4, -0.2) is 29.7 Å². The van der Waals surface area contributed by atoms with E-state index >= 15 is 0 Å². The third-order valence-corrected chi connectivity index (χ3v) is 4.53. The highest BCUT2D eigenvalue weighted by atomic mass is 79.9. The smallest absolute Gasteiger partial charge is 0.410 e. The Morgan fingerprint density at radius 1 is 1.19 bits per heavy atom. The Labute approximate surface area is 134 Å². The molecule has 0 spiro atoms. The third-order valence-electron chi connectivity index (χ3n) is 4.04. The second-order valence-electron chi connectivity index (χ2n) is 7.13. The van der Waals surface area contributed by atoms with Gasteiger partial charge in [-0.2, -0.15) is 0 Å². The number of likely N-dealkylation sites (tertiary alicyclic amines) is 1. The molecule has 1 saturated heterocycles. The lowest BCUT2D eigenvalue weighted by Gasteiger charge is -2.40. The molecule has 0 unspecified atom stereocenters. The molecule has 1 aliphatic heterocycles. The molecule has 0 atom stereocenters. The van der Waals surface area contributed by atoms with Crippen LogP contribution in [0.2, 0.25) is 0 Å². The Bertz CT molecular complexity index is 554. The molecule has 1 aliphatic carbocycles. The average molecular weight is 352 g/mol. The first kappa shape index (κ1) is 14.9. The number of hydrogen-bond acceptors (Lipinski definition) is 2. The first-order valence-corrected chi connectivity index (χ1v) is 8.40. The zero-order valence-electron chi connectivity index (χ0n) is 12.9. The second kappa shape index (κ2) is 5.31. The molecule has 1 aromatic rings. The lowest BCUT2D eigenvalue weighted by molar-refractivity contribution is 0.00812. The zero-order chi connectivity index (χ0) is 15.2. The van der Waals surface area contributed by atoms with Crippen molar-refractivity contribution < 1.29 is 9.53 Å². The van der Waals surface area contributed by atoms with E-state index in [-0.39, 0.29) is 6.09 Å². The van der Waals surface area contributed by atoms with Gasteiger partial charge in [-0.15, -0.1) is 0 Å². The van der Waals surface area contributed by atoms with Crippen LogP contribution in [0.1, 0.15) is 56.6 Å². The number of ether oxygens (including phenoxy) is 1. The molecule has 114 valence electrons. The van der Waals surface area contributed by atoms with Crippen LogP contribution in [0.5, 0.6) is 0 Å². The fourth-order valence-electron chi connectivity index (χ4n) is 2.82. The van der Waals surface area contributed by atoms with Gasteiger partial charge >= 0.3 is 6.09 Å². The first-order chi connectivity index (χ1) is 9.83. The van der Waals surface area contributed by atoms with E-state index in [2.05, 4.69) is 34.1 Å². The molecule has 0 N–H and O–H groups in total. The number of carbonyl (C=O) groups is 1. The summed E-state index contributed by atoms with van der Waals surface area (Å²) in [7, 11) is 0. The quantitative estimate of drug-likeness (QED) is 0.775. The van der Waals surface area contributed by atoms with Gasteiger partial charge in [0.25, 0.3) is 0 Å². The van der Waals surface area contributed by atoms with E-state index in [0.717, 1.165) is 23.5 Å². The maximum Gasteiger partial charge on any atom is 0.410 e. The summed E-state index contributed by atoms with van der Waals surface area (Å²) in [6.07, 6.45) is 2.41. The number of carbonyl (C=O) groups excluding carboxylic acids is 1. The van der Waals surface area contributed by atoms with Gasteiger partial charge in [0.15, 0.2) is 0 Å². The van der Waals surface area contributed by atoms with E-state index in [1.54, 1.807) is 4.90 Å². The van der Waals surface area contributed by atoms with E-state index in [9.17, 15) is 4.79 Å². The van der Waals surface area contributed by atoms with Crippen LogP contribution in [0.25, 0.3) is 0 Å². The summed E-state index contributed by atoms with van der Waals surface area (Å²) < 4.78 is 6.54. The van der Waals surface area contributed by atoms with Gasteiger partial charge in [-0.1, -0.05) is 22.0 Å². The van der Waals surface area contributed by atoms with Crippen molar-refractivity contribution in [2.75, 3.05) is 13.1 Å². The van der Waals surface area contributed by atoms with Gasteiger partial charge in [0.2, 0.25) is 0 Å². The minimum Gasteiger partial charge on any atom is -0.444 e. The second-order valence-corrected chi connectivity index (χ2v) is 8.05. The van der Waals surface area contributed by atoms with Crippen molar-refractivity contribution in [1.82, 2.24) is 4.90 Å². The monoisotopic (exact) mass is 351 g/mol. The standard InChI is InChI=1S/C17H22BrNO2/c1-17(2,3)21-16(20)19-9-12(10-19)15-8-13(18)6-7-14(15)11-4-5-11/h6-8,11-12H,4-5,9-10H2,1-3H3. The van der Waals surface area contributed by atoms with Crippen molar-refractivity contribution in [3.05, 3.63) is 33.8 Å². The van der Waals surface area contributed by atoms with Crippen LogP contribution in [0, 0.1) is 0 Å². The molecule has 1 saturated carbocycles. The van der Waals surface area contributed by atoms with Gasteiger partial charge in [0.05, 0.1) is 0 Å². The highest BCUT2D eigenvalue weighted by Gasteiger charge is 2.37. The van der Waals surface area contributed by atoms with Crippen molar-refractivity contribution in [3.8, 4) is 0 Å². The molecule has 4 heteroatoms. The summed E-state index contributed by atoms with van der Waals surface area (Å²) in [6.45, 7) is 7.25. The molecule has 3 rings (SSSR count). The maximum absolute atomic E-state index is 12.0. The zero-order valence-corrected chi connectivity index (χ0v) is 14.4. The van der Waals surface area contributed by atoms with Crippen molar-refractivity contribution in [3.63, 3.8) is 0 Å². The van der Waals surface area contributed by atoms with E-state index < -0.39 is 5.60 Å². The SMILES string of the molecule is CC(C)(C)OC(=O)N1CC(c2cc(Br)ccc2C2CC2)C1. The molecule has 3 nitrogen and oxygen atoms in total. The molecule has 0 radical (unpaired) electrons. The first-order valence-electron chi connectivity index (χ1n) is 7.61. The van der Waals surface area contributed by atoms with Gasteiger partial charge in [0, 0.05) is 23.5 Å². The summed E-state index contributed by atoms with van der Waals surface area (Å²) in [5.41, 5.74) is 2.47. The fourth-order valence-corrected chi connectivity index (χ4v) is 3.19. The number of nitrogens with zero attached hydrogens (tertiary/aromatic N) is 1. The number of benzene rings is 1. The average Bonchev–Trinajstić information content (AvgIpc) is 3.08. The Morgan fingerprint density at radius 2 is 1.86 bits per heavy atom. The predicted octanol–water partition coefficient (Wildman–Crippen LogP) is 4.66. The molecule has 0 aromatic heterocycles. The summed E-state index contributed by atoms with van der Waals surface area (Å²) in [5.74, 6) is 1.19.